The van der Waals surface area contributed by atoms with E-state index in [0.717, 1.165) is 22.3 Å². The van der Waals surface area contributed by atoms with Crippen LogP contribution in [0.25, 0.3) is 0 Å². The van der Waals surface area contributed by atoms with E-state index in [0.29, 0.717) is 37.9 Å². The van der Waals surface area contributed by atoms with Crippen molar-refractivity contribution in [3.63, 3.8) is 0 Å². The third-order valence-electron chi connectivity index (χ3n) is 9.11. The van der Waals surface area contributed by atoms with Crippen LogP contribution in [0.1, 0.15) is 36.1 Å². The first-order chi connectivity index (χ1) is 27.3. The van der Waals surface area contributed by atoms with Crippen molar-refractivity contribution >= 4 is 22.8 Å². The van der Waals surface area contributed by atoms with E-state index >= 15 is 0 Å². The Balaban J connectivity index is 0.000000811. The Labute approximate surface area is 333 Å². The maximum atomic E-state index is 13.3. The van der Waals surface area contributed by atoms with Crippen LogP contribution in [0.4, 0.5) is 13.2 Å². The summed E-state index contributed by atoms with van der Waals surface area (Å²) in [4.78, 5) is 22.1. The van der Waals surface area contributed by atoms with E-state index in [2.05, 4.69) is 24.3 Å². The molecular weight excluding hydrogens is 766 g/mol. The molecule has 0 radical (unpaired) electrons. The molecule has 10 nitrogen and oxygen atoms in total. The third kappa shape index (κ3) is 13.7. The molecule has 6 rings (SSSR count). The molecule has 2 aliphatic rings. The summed E-state index contributed by atoms with van der Waals surface area (Å²) in [6.07, 6.45) is -8.69. The lowest BCUT2D eigenvalue weighted by Gasteiger charge is -2.24. The third-order valence-corrected chi connectivity index (χ3v) is 11.9. The van der Waals surface area contributed by atoms with Crippen molar-refractivity contribution < 1.29 is 61.4 Å². The molecule has 14 heteroatoms. The molecule has 0 amide bonds. The quantitative estimate of drug-likeness (QED) is 0.118. The molecule has 4 aromatic rings. The molecule has 1 unspecified atom stereocenters. The predicted molar refractivity (Wildman–Crippen MR) is 204 cm³/mol. The summed E-state index contributed by atoms with van der Waals surface area (Å²) >= 11 is 0. The molecule has 0 aliphatic carbocycles. The van der Waals surface area contributed by atoms with Crippen LogP contribution in [0.2, 0.25) is 0 Å². The standard InChI is InChI=1S/C41H47O8S.C2HF3O2/c1-41(2)48-37(39(49-41)40(43)47-26-33-21-13-6-14-22-33)34(42)28-50-29-35(45-24-31-17-9-4-10-18-31)38(46-25-32-19-11-5-12-20-32)36(50)27-44-23-30-15-7-3-8-16-30;3-2(4,5)1(6)7/h3-22,34-39,42H,23-29H2,1-2H3;(H,6,7)/q+1;/p-1/t34-,35-,36-,37-,38+,39-,50?;/m1./s1. The van der Waals surface area contributed by atoms with E-state index < -0.39 is 53.1 Å². The second-order valence-corrected chi connectivity index (χ2v) is 16.3. The molecule has 2 fully saturated rings. The largest absolute Gasteiger partial charge is 0.542 e. The fraction of sp³-hybridized carbons (Fsp3) is 0.395. The SMILES string of the molecule is CC1(C)O[C@H]([C@H](O)C[S+]2C[C@@H](OCc3ccccc3)[C@H](OCc3ccccc3)[C@H]2COCc2ccccc2)[C@H](C(=O)OCc2ccccc2)O1.O=C([O-])C(F)(F)F. The predicted octanol–water partition coefficient (Wildman–Crippen LogP) is 5.30. The zero-order chi connectivity index (χ0) is 40.8. The molecule has 4 aromatic carbocycles. The molecular formula is C43H47F3O10S. The summed E-state index contributed by atoms with van der Waals surface area (Å²) in [5, 5.41) is 20.5. The average molecular weight is 813 g/mol. The van der Waals surface area contributed by atoms with Crippen LogP contribution in [0.5, 0.6) is 0 Å². The highest BCUT2D eigenvalue weighted by molar-refractivity contribution is 7.97. The Hall–Kier alpha value is -4.28. The fourth-order valence-electron chi connectivity index (χ4n) is 6.39. The highest BCUT2D eigenvalue weighted by Gasteiger charge is 2.56. The fourth-order valence-corrected chi connectivity index (χ4v) is 9.28. The van der Waals surface area contributed by atoms with Crippen LogP contribution in [-0.2, 0) is 75.3 Å². The van der Waals surface area contributed by atoms with Gasteiger partial charge in [0.15, 0.2) is 17.1 Å². The van der Waals surface area contributed by atoms with E-state index in [1.54, 1.807) is 13.8 Å². The van der Waals surface area contributed by atoms with Gasteiger partial charge < -0.3 is 43.4 Å². The number of benzene rings is 4. The summed E-state index contributed by atoms with van der Waals surface area (Å²) in [5.74, 6) is -3.60. The molecule has 0 saturated carbocycles. The van der Waals surface area contributed by atoms with Crippen LogP contribution >= 0.6 is 0 Å². The summed E-state index contributed by atoms with van der Waals surface area (Å²) in [5.41, 5.74) is 4.10. The van der Waals surface area contributed by atoms with Gasteiger partial charge in [0.1, 0.15) is 48.5 Å². The minimum Gasteiger partial charge on any atom is -0.542 e. The molecule has 2 aliphatic heterocycles. The lowest BCUT2D eigenvalue weighted by molar-refractivity contribution is -0.344. The number of halogens is 3. The van der Waals surface area contributed by atoms with E-state index in [1.807, 2.05) is 97.1 Å². The van der Waals surface area contributed by atoms with Crippen molar-refractivity contribution in [3.8, 4) is 0 Å². The van der Waals surface area contributed by atoms with Crippen molar-refractivity contribution in [1.29, 1.82) is 0 Å². The number of ether oxygens (including phenoxy) is 6. The van der Waals surface area contributed by atoms with Gasteiger partial charge in [-0.2, -0.15) is 13.2 Å². The van der Waals surface area contributed by atoms with Gasteiger partial charge in [-0.25, -0.2) is 4.79 Å². The van der Waals surface area contributed by atoms with Gasteiger partial charge in [-0.05, 0) is 36.1 Å². The second kappa shape index (κ2) is 20.9. The highest BCUT2D eigenvalue weighted by atomic mass is 32.2. The van der Waals surface area contributed by atoms with Gasteiger partial charge >= 0.3 is 12.1 Å². The van der Waals surface area contributed by atoms with Crippen molar-refractivity contribution in [2.24, 2.45) is 0 Å². The zero-order valence-electron chi connectivity index (χ0n) is 31.6. The molecule has 2 heterocycles. The van der Waals surface area contributed by atoms with Crippen molar-refractivity contribution in [3.05, 3.63) is 144 Å². The second-order valence-electron chi connectivity index (χ2n) is 14.0. The van der Waals surface area contributed by atoms with Crippen LogP contribution in [0.3, 0.4) is 0 Å². The van der Waals surface area contributed by atoms with Crippen molar-refractivity contribution in [2.45, 2.75) is 88.0 Å². The first-order valence-corrected chi connectivity index (χ1v) is 20.0. The zero-order valence-corrected chi connectivity index (χ0v) is 32.4. The number of carboxylic acids is 1. The maximum Gasteiger partial charge on any atom is 0.430 e. The molecule has 57 heavy (non-hydrogen) atoms. The van der Waals surface area contributed by atoms with E-state index in [4.69, 9.17) is 38.3 Å². The lowest BCUT2D eigenvalue weighted by Crippen LogP contribution is -2.46. The van der Waals surface area contributed by atoms with Crippen molar-refractivity contribution in [1.82, 2.24) is 0 Å². The maximum absolute atomic E-state index is 13.3. The molecule has 0 aromatic heterocycles. The summed E-state index contributed by atoms with van der Waals surface area (Å²) in [6.45, 7) is 5.35. The summed E-state index contributed by atoms with van der Waals surface area (Å²) in [6, 6.07) is 39.8. The Kier molecular flexibility index (Phi) is 16.1. The number of hydrogen-bond donors (Lipinski definition) is 1. The van der Waals surface area contributed by atoms with Gasteiger partial charge in [-0.1, -0.05) is 121 Å². The van der Waals surface area contributed by atoms with Crippen molar-refractivity contribution in [2.75, 3.05) is 18.1 Å². The van der Waals surface area contributed by atoms with Gasteiger partial charge in [0.05, 0.1) is 26.4 Å². The van der Waals surface area contributed by atoms with Gasteiger partial charge in [0.25, 0.3) is 0 Å². The Morgan fingerprint density at radius 1 is 0.772 bits per heavy atom. The average Bonchev–Trinajstić information content (AvgIpc) is 3.71. The van der Waals surface area contributed by atoms with Gasteiger partial charge in [-0.15, -0.1) is 0 Å². The number of carboxylic acid groups (broad SMARTS) is 1. The Bertz CT molecular complexity index is 1800. The van der Waals surface area contributed by atoms with Crippen LogP contribution in [0.15, 0.2) is 121 Å². The molecule has 7 atom stereocenters. The smallest absolute Gasteiger partial charge is 0.430 e. The Morgan fingerprint density at radius 3 is 1.72 bits per heavy atom. The number of esters is 1. The highest BCUT2D eigenvalue weighted by Crippen LogP contribution is 2.35. The number of aliphatic carboxylic acids is 1. The number of aliphatic hydroxyl groups is 1. The number of carbonyl (C=O) groups is 2. The van der Waals surface area contributed by atoms with E-state index in [9.17, 15) is 23.1 Å². The number of hydrogen-bond acceptors (Lipinski definition) is 10. The summed E-state index contributed by atoms with van der Waals surface area (Å²) < 4.78 is 69.1. The molecule has 0 spiro atoms. The van der Waals surface area contributed by atoms with Gasteiger partial charge in [0, 0.05) is 10.9 Å². The van der Waals surface area contributed by atoms with Gasteiger partial charge in [0.2, 0.25) is 0 Å². The lowest BCUT2D eigenvalue weighted by atomic mass is 10.1. The first-order valence-electron chi connectivity index (χ1n) is 18.4. The van der Waals surface area contributed by atoms with E-state index in [-0.39, 0.29) is 24.1 Å². The van der Waals surface area contributed by atoms with Gasteiger partial charge in [-0.3, -0.25) is 0 Å². The monoisotopic (exact) mass is 812 g/mol. The van der Waals surface area contributed by atoms with Crippen LogP contribution in [0, 0.1) is 0 Å². The first kappa shape index (κ1) is 43.8. The number of aliphatic hydroxyl groups excluding tert-OH is 1. The van der Waals surface area contributed by atoms with Crippen LogP contribution in [-0.4, -0.2) is 82.9 Å². The minimum absolute atomic E-state index is 0.0725. The number of carbonyl (C=O) groups excluding carboxylic acids is 2. The van der Waals surface area contributed by atoms with Crippen LogP contribution < -0.4 is 5.11 Å². The summed E-state index contributed by atoms with van der Waals surface area (Å²) in [7, 11) is -0.424. The molecule has 1 N–H and O–H groups in total. The number of alkyl halides is 3. The normalized spacial score (nSPS) is 23.3. The minimum atomic E-state index is -5.19. The number of rotatable bonds is 16. The topological polar surface area (TPSA) is 133 Å². The molecule has 0 bridgehead atoms. The molecule has 2 saturated heterocycles. The van der Waals surface area contributed by atoms with E-state index in [1.165, 1.54) is 0 Å². The Morgan fingerprint density at radius 2 is 1.23 bits per heavy atom. The molecule has 306 valence electrons.